The summed E-state index contributed by atoms with van der Waals surface area (Å²) in [6.45, 7) is 1.91. The summed E-state index contributed by atoms with van der Waals surface area (Å²) in [5, 5.41) is 7.50. The molecule has 0 spiro atoms. The fourth-order valence-electron chi connectivity index (χ4n) is 3.47. The van der Waals surface area contributed by atoms with Crippen LogP contribution in [0.15, 0.2) is 36.7 Å². The van der Waals surface area contributed by atoms with Crippen molar-refractivity contribution in [3.8, 4) is 17.4 Å². The number of fused-ring (bicyclic) bond motifs is 1. The Labute approximate surface area is 156 Å². The normalized spacial score (nSPS) is 15.8. The lowest BCUT2D eigenvalue weighted by atomic mass is 9.85. The molecule has 1 atom stereocenters. The van der Waals surface area contributed by atoms with Crippen molar-refractivity contribution < 1.29 is 14.3 Å². The second kappa shape index (κ2) is 6.71. The van der Waals surface area contributed by atoms with E-state index in [0.29, 0.717) is 29.7 Å². The number of rotatable bonds is 4. The van der Waals surface area contributed by atoms with Crippen molar-refractivity contribution in [2.24, 2.45) is 0 Å². The highest BCUT2D eigenvalue weighted by atomic mass is 16.5. The third-order valence-electron chi connectivity index (χ3n) is 4.66. The van der Waals surface area contributed by atoms with Gasteiger partial charge in [-0.2, -0.15) is 9.78 Å². The minimum Gasteiger partial charge on any atom is -0.497 e. The van der Waals surface area contributed by atoms with Crippen molar-refractivity contribution in [2.45, 2.75) is 19.3 Å². The summed E-state index contributed by atoms with van der Waals surface area (Å²) in [7, 11) is 3.23. The van der Waals surface area contributed by atoms with Crippen LogP contribution in [0.5, 0.6) is 11.5 Å². The van der Waals surface area contributed by atoms with E-state index in [-0.39, 0.29) is 11.8 Å². The molecule has 138 valence electrons. The van der Waals surface area contributed by atoms with Gasteiger partial charge in [0.15, 0.2) is 0 Å². The van der Waals surface area contributed by atoms with Crippen molar-refractivity contribution in [1.29, 1.82) is 0 Å². The Bertz CT molecular complexity index is 1000. The molecule has 0 bridgehead atoms. The molecule has 1 aromatic carbocycles. The predicted molar refractivity (Wildman–Crippen MR) is 98.5 cm³/mol. The molecule has 1 aliphatic heterocycles. The number of amides is 1. The number of aryl methyl sites for hydroxylation is 1. The van der Waals surface area contributed by atoms with E-state index in [1.807, 2.05) is 25.1 Å². The first-order valence-corrected chi connectivity index (χ1v) is 8.51. The number of nitrogens with one attached hydrogen (secondary N) is 1. The van der Waals surface area contributed by atoms with Gasteiger partial charge in [0.2, 0.25) is 5.91 Å². The van der Waals surface area contributed by atoms with Gasteiger partial charge in [0, 0.05) is 35.9 Å². The van der Waals surface area contributed by atoms with Gasteiger partial charge in [0.1, 0.15) is 17.3 Å². The fraction of sp³-hybridized carbons (Fsp3) is 0.263. The summed E-state index contributed by atoms with van der Waals surface area (Å²) in [5.41, 5.74) is 2.60. The maximum atomic E-state index is 12.5. The van der Waals surface area contributed by atoms with Crippen molar-refractivity contribution >= 4 is 11.7 Å². The Balaban J connectivity index is 1.90. The van der Waals surface area contributed by atoms with Crippen LogP contribution >= 0.6 is 0 Å². The summed E-state index contributed by atoms with van der Waals surface area (Å²) in [4.78, 5) is 21.0. The van der Waals surface area contributed by atoms with Gasteiger partial charge in [0.05, 0.1) is 19.9 Å². The number of nitrogens with zero attached hydrogens (tertiary/aromatic N) is 4. The molecule has 8 nitrogen and oxygen atoms in total. The number of benzene rings is 1. The second-order valence-electron chi connectivity index (χ2n) is 6.22. The van der Waals surface area contributed by atoms with Crippen molar-refractivity contribution in [2.75, 3.05) is 19.5 Å². The molecule has 2 aromatic heterocycles. The number of hydrogen-bond donors (Lipinski definition) is 1. The van der Waals surface area contributed by atoms with Crippen LogP contribution in [0.2, 0.25) is 0 Å². The van der Waals surface area contributed by atoms with E-state index in [1.54, 1.807) is 37.4 Å². The van der Waals surface area contributed by atoms with Gasteiger partial charge >= 0.3 is 0 Å². The zero-order valence-electron chi connectivity index (χ0n) is 15.3. The predicted octanol–water partition coefficient (Wildman–Crippen LogP) is 2.46. The van der Waals surface area contributed by atoms with Crippen LogP contribution in [-0.4, -0.2) is 39.9 Å². The van der Waals surface area contributed by atoms with E-state index < -0.39 is 0 Å². The summed E-state index contributed by atoms with van der Waals surface area (Å²) < 4.78 is 12.5. The molecule has 1 amide bonds. The van der Waals surface area contributed by atoms with Gasteiger partial charge in [-0.05, 0) is 31.2 Å². The van der Waals surface area contributed by atoms with Crippen molar-refractivity contribution in [1.82, 2.24) is 19.7 Å². The van der Waals surface area contributed by atoms with Crippen LogP contribution in [0.25, 0.3) is 5.95 Å². The maximum absolute atomic E-state index is 12.5. The Morgan fingerprint density at radius 2 is 1.96 bits per heavy atom. The number of anilines is 1. The molecule has 0 radical (unpaired) electrons. The highest BCUT2D eigenvalue weighted by molar-refractivity contribution is 5.95. The Kier molecular flexibility index (Phi) is 4.23. The molecule has 27 heavy (non-hydrogen) atoms. The molecule has 4 rings (SSSR count). The monoisotopic (exact) mass is 365 g/mol. The molecule has 0 fully saturated rings. The van der Waals surface area contributed by atoms with Crippen LogP contribution in [0.4, 0.5) is 5.82 Å². The zero-order valence-corrected chi connectivity index (χ0v) is 15.3. The topological polar surface area (TPSA) is 91.2 Å². The number of methoxy groups -OCH3 is 2. The average Bonchev–Trinajstić information content (AvgIpc) is 3.03. The molecule has 0 saturated carbocycles. The van der Waals surface area contributed by atoms with Crippen LogP contribution < -0.4 is 14.8 Å². The number of carbonyl (C=O) groups excluding carboxylic acids is 1. The van der Waals surface area contributed by atoms with E-state index in [4.69, 9.17) is 9.47 Å². The SMILES string of the molecule is COc1ccc(OC)c(C2CC(=O)Nc3c2c(C)nn3-c2ncccn2)c1. The third kappa shape index (κ3) is 2.88. The molecule has 1 unspecified atom stereocenters. The van der Waals surface area contributed by atoms with E-state index in [0.717, 1.165) is 16.8 Å². The Morgan fingerprint density at radius 3 is 2.67 bits per heavy atom. The minimum absolute atomic E-state index is 0.102. The Hall–Kier alpha value is -3.42. The molecule has 8 heteroatoms. The second-order valence-corrected chi connectivity index (χ2v) is 6.22. The number of aromatic nitrogens is 4. The third-order valence-corrected chi connectivity index (χ3v) is 4.66. The van der Waals surface area contributed by atoms with Gasteiger partial charge in [-0.1, -0.05) is 0 Å². The van der Waals surface area contributed by atoms with Gasteiger partial charge < -0.3 is 14.8 Å². The maximum Gasteiger partial charge on any atom is 0.252 e. The Morgan fingerprint density at radius 1 is 1.19 bits per heavy atom. The van der Waals surface area contributed by atoms with Gasteiger partial charge in [-0.3, -0.25) is 4.79 Å². The van der Waals surface area contributed by atoms with Crippen LogP contribution in [0.3, 0.4) is 0 Å². The first-order chi connectivity index (χ1) is 13.1. The van der Waals surface area contributed by atoms with Crippen molar-refractivity contribution in [3.63, 3.8) is 0 Å². The highest BCUT2D eigenvalue weighted by Gasteiger charge is 2.34. The summed E-state index contributed by atoms with van der Waals surface area (Å²) >= 11 is 0. The summed E-state index contributed by atoms with van der Waals surface area (Å²) in [5.74, 6) is 2.08. The minimum atomic E-state index is -0.212. The van der Waals surface area contributed by atoms with E-state index >= 15 is 0 Å². The largest absolute Gasteiger partial charge is 0.497 e. The van der Waals surface area contributed by atoms with Crippen LogP contribution in [0.1, 0.15) is 29.2 Å². The van der Waals surface area contributed by atoms with E-state index in [2.05, 4.69) is 20.4 Å². The van der Waals surface area contributed by atoms with Crippen LogP contribution in [0, 0.1) is 6.92 Å². The zero-order chi connectivity index (χ0) is 19.0. The molecule has 1 aliphatic rings. The van der Waals surface area contributed by atoms with Crippen LogP contribution in [-0.2, 0) is 4.79 Å². The average molecular weight is 365 g/mol. The molecule has 3 aromatic rings. The van der Waals surface area contributed by atoms with Gasteiger partial charge in [-0.25, -0.2) is 9.97 Å². The standard InChI is InChI=1S/C19H19N5O3/c1-11-17-14(13-9-12(26-2)5-6-15(13)27-3)10-16(25)22-18(17)24(23-11)19-20-7-4-8-21-19/h4-9,14H,10H2,1-3H3,(H,22,25). The quantitative estimate of drug-likeness (QED) is 0.764. The summed E-state index contributed by atoms with van der Waals surface area (Å²) in [6.07, 6.45) is 3.57. The molecule has 3 heterocycles. The first kappa shape index (κ1) is 17.0. The van der Waals surface area contributed by atoms with Crippen molar-refractivity contribution in [3.05, 3.63) is 53.5 Å². The van der Waals surface area contributed by atoms with E-state index in [1.165, 1.54) is 0 Å². The first-order valence-electron chi connectivity index (χ1n) is 8.51. The number of ether oxygens (including phenoxy) is 2. The lowest BCUT2D eigenvalue weighted by Crippen LogP contribution is -2.25. The van der Waals surface area contributed by atoms with E-state index in [9.17, 15) is 4.79 Å². The summed E-state index contributed by atoms with van der Waals surface area (Å²) in [6, 6.07) is 7.32. The number of carbonyl (C=O) groups is 1. The number of hydrogen-bond acceptors (Lipinski definition) is 6. The van der Waals surface area contributed by atoms with Gasteiger partial charge in [0.25, 0.3) is 5.95 Å². The molecule has 0 aliphatic carbocycles. The smallest absolute Gasteiger partial charge is 0.252 e. The lowest BCUT2D eigenvalue weighted by Gasteiger charge is -2.25. The van der Waals surface area contributed by atoms with Gasteiger partial charge in [-0.15, -0.1) is 0 Å². The molecular weight excluding hydrogens is 346 g/mol. The molecule has 0 saturated heterocycles. The lowest BCUT2D eigenvalue weighted by molar-refractivity contribution is -0.116. The molecular formula is C19H19N5O3. The molecule has 1 N–H and O–H groups in total. The highest BCUT2D eigenvalue weighted by Crippen LogP contribution is 2.43. The fourth-order valence-corrected chi connectivity index (χ4v) is 3.47.